The lowest BCUT2D eigenvalue weighted by Gasteiger charge is -2.41. The highest BCUT2D eigenvalue weighted by Crippen LogP contribution is 2.46. The summed E-state index contributed by atoms with van der Waals surface area (Å²) >= 11 is 0. The number of carbonyl (C=O) groups is 1. The van der Waals surface area contributed by atoms with Crippen LogP contribution in [0.15, 0.2) is 36.4 Å². The van der Waals surface area contributed by atoms with Gasteiger partial charge in [-0.2, -0.15) is 13.2 Å². The van der Waals surface area contributed by atoms with Crippen molar-refractivity contribution in [2.24, 2.45) is 0 Å². The van der Waals surface area contributed by atoms with E-state index in [1.807, 2.05) is 0 Å². The van der Waals surface area contributed by atoms with E-state index >= 15 is 0 Å². The molecule has 28 heavy (non-hydrogen) atoms. The maximum absolute atomic E-state index is 14.9. The molecular formula is C21H20F4N2O. The van der Waals surface area contributed by atoms with Crippen LogP contribution in [-0.4, -0.2) is 12.5 Å². The molecule has 7 heteroatoms. The number of nitrogens with one attached hydrogen (secondary N) is 2. The number of fused-ring (bicyclic) bond motifs is 1. The molecule has 0 unspecified atom stereocenters. The molecule has 1 aliphatic carbocycles. The Labute approximate surface area is 160 Å². The van der Waals surface area contributed by atoms with E-state index in [9.17, 15) is 22.4 Å². The summed E-state index contributed by atoms with van der Waals surface area (Å²) in [5.41, 5.74) is 0.0240. The van der Waals surface area contributed by atoms with Crippen molar-refractivity contribution in [3.05, 3.63) is 64.5 Å². The molecule has 2 aromatic carbocycles. The van der Waals surface area contributed by atoms with Gasteiger partial charge in [0.2, 0.25) is 5.91 Å². The lowest BCUT2D eigenvalue weighted by atomic mass is 9.63. The van der Waals surface area contributed by atoms with E-state index < -0.39 is 28.9 Å². The van der Waals surface area contributed by atoms with Crippen LogP contribution < -0.4 is 10.6 Å². The molecule has 148 valence electrons. The second-order valence-corrected chi connectivity index (χ2v) is 7.46. The summed E-state index contributed by atoms with van der Waals surface area (Å²) in [4.78, 5) is 13.0. The Bertz CT molecular complexity index is 919. The van der Waals surface area contributed by atoms with Crippen LogP contribution in [0, 0.1) is 5.82 Å². The van der Waals surface area contributed by atoms with Gasteiger partial charge in [-0.05, 0) is 54.6 Å². The molecule has 0 saturated heterocycles. The van der Waals surface area contributed by atoms with Gasteiger partial charge in [0.25, 0.3) is 0 Å². The normalized spacial score (nSPS) is 18.1. The molecule has 1 amide bonds. The summed E-state index contributed by atoms with van der Waals surface area (Å²) in [6.45, 7) is 1.24. The van der Waals surface area contributed by atoms with E-state index in [-0.39, 0.29) is 5.69 Å². The van der Waals surface area contributed by atoms with Gasteiger partial charge in [-0.15, -0.1) is 0 Å². The van der Waals surface area contributed by atoms with Crippen LogP contribution >= 0.6 is 0 Å². The van der Waals surface area contributed by atoms with Crippen molar-refractivity contribution < 1.29 is 22.4 Å². The number of benzene rings is 2. The Hall–Kier alpha value is -2.41. The molecule has 4 rings (SSSR count). The highest BCUT2D eigenvalue weighted by Gasteiger charge is 2.46. The van der Waals surface area contributed by atoms with E-state index in [4.69, 9.17) is 0 Å². The molecule has 0 aromatic heterocycles. The van der Waals surface area contributed by atoms with Crippen LogP contribution in [-0.2, 0) is 29.4 Å². The van der Waals surface area contributed by atoms with Crippen molar-refractivity contribution in [3.63, 3.8) is 0 Å². The zero-order chi connectivity index (χ0) is 19.9. The van der Waals surface area contributed by atoms with Crippen molar-refractivity contribution >= 4 is 11.6 Å². The SMILES string of the molecule is O=C(Nc1ccc2c(c1F)CCNC2)C1(c2cccc(C(F)(F)F)c2)CCC1. The van der Waals surface area contributed by atoms with Crippen molar-refractivity contribution in [1.82, 2.24) is 5.32 Å². The minimum Gasteiger partial charge on any atom is -0.323 e. The van der Waals surface area contributed by atoms with Crippen molar-refractivity contribution in [1.29, 1.82) is 0 Å². The van der Waals surface area contributed by atoms with Gasteiger partial charge in [0.15, 0.2) is 0 Å². The van der Waals surface area contributed by atoms with E-state index in [1.165, 1.54) is 12.1 Å². The maximum Gasteiger partial charge on any atom is 0.416 e. The summed E-state index contributed by atoms with van der Waals surface area (Å²) in [6, 6.07) is 8.19. The fourth-order valence-electron chi connectivity index (χ4n) is 4.04. The molecule has 0 spiro atoms. The smallest absolute Gasteiger partial charge is 0.323 e. The molecule has 3 nitrogen and oxygen atoms in total. The van der Waals surface area contributed by atoms with Gasteiger partial charge in [-0.3, -0.25) is 4.79 Å². The second-order valence-electron chi connectivity index (χ2n) is 7.46. The number of carbonyl (C=O) groups excluding carboxylic acids is 1. The Kier molecular flexibility index (Phi) is 4.65. The average Bonchev–Trinajstić information content (AvgIpc) is 2.63. The number of rotatable bonds is 3. The molecule has 0 atom stereocenters. The predicted octanol–water partition coefficient (Wildman–Crippen LogP) is 4.55. The summed E-state index contributed by atoms with van der Waals surface area (Å²) in [5.74, 6) is -0.906. The van der Waals surface area contributed by atoms with Gasteiger partial charge < -0.3 is 10.6 Å². The van der Waals surface area contributed by atoms with Crippen LogP contribution in [0.4, 0.5) is 23.2 Å². The van der Waals surface area contributed by atoms with Gasteiger partial charge in [0, 0.05) is 6.54 Å². The Balaban J connectivity index is 1.64. The first kappa shape index (κ1) is 18.9. The molecule has 0 bridgehead atoms. The zero-order valence-electron chi connectivity index (χ0n) is 15.1. The topological polar surface area (TPSA) is 41.1 Å². The van der Waals surface area contributed by atoms with Crippen molar-refractivity contribution in [3.8, 4) is 0 Å². The second kappa shape index (κ2) is 6.88. The van der Waals surface area contributed by atoms with Crippen LogP contribution in [0.5, 0.6) is 0 Å². The van der Waals surface area contributed by atoms with Gasteiger partial charge >= 0.3 is 6.18 Å². The molecule has 1 heterocycles. The molecule has 2 aliphatic rings. The van der Waals surface area contributed by atoms with Crippen LogP contribution in [0.1, 0.15) is 41.5 Å². The number of alkyl halides is 3. The van der Waals surface area contributed by atoms with E-state index in [1.54, 1.807) is 12.1 Å². The van der Waals surface area contributed by atoms with Crippen LogP contribution in [0.25, 0.3) is 0 Å². The molecule has 1 saturated carbocycles. The number of halogens is 4. The third kappa shape index (κ3) is 3.17. The summed E-state index contributed by atoms with van der Waals surface area (Å²) in [5, 5.41) is 5.81. The Morgan fingerprint density at radius 1 is 1.14 bits per heavy atom. The molecule has 2 N–H and O–H groups in total. The Morgan fingerprint density at radius 3 is 2.61 bits per heavy atom. The molecule has 1 aliphatic heterocycles. The lowest BCUT2D eigenvalue weighted by molar-refractivity contribution is -0.138. The third-order valence-corrected chi connectivity index (χ3v) is 5.84. The highest BCUT2D eigenvalue weighted by molar-refractivity contribution is 6.00. The standard InChI is InChI=1S/C21H20F4N2O/c22-18-16-7-10-26-12-13(16)5-6-17(18)27-19(28)20(8-2-9-20)14-3-1-4-15(11-14)21(23,24)25/h1,3-6,11,26H,2,7-10,12H2,(H,27,28). The number of hydrogen-bond donors (Lipinski definition) is 2. The molecule has 0 radical (unpaired) electrons. The minimum atomic E-state index is -4.48. The minimum absolute atomic E-state index is 0.0869. The monoisotopic (exact) mass is 392 g/mol. The fraction of sp³-hybridized carbons (Fsp3) is 0.381. The summed E-state index contributed by atoms with van der Waals surface area (Å²) in [6.07, 6.45) is -2.32. The number of anilines is 1. The van der Waals surface area contributed by atoms with Crippen molar-refractivity contribution in [2.75, 3.05) is 11.9 Å². The molecule has 1 fully saturated rings. The molecule has 2 aromatic rings. The van der Waals surface area contributed by atoms with E-state index in [2.05, 4.69) is 10.6 Å². The summed E-state index contributed by atoms with van der Waals surface area (Å²) < 4.78 is 54.1. The van der Waals surface area contributed by atoms with Gasteiger partial charge in [-0.1, -0.05) is 30.7 Å². The van der Waals surface area contributed by atoms with E-state index in [0.717, 1.165) is 24.1 Å². The largest absolute Gasteiger partial charge is 0.416 e. The van der Waals surface area contributed by atoms with Crippen LogP contribution in [0.3, 0.4) is 0 Å². The van der Waals surface area contributed by atoms with Crippen molar-refractivity contribution in [2.45, 2.75) is 43.8 Å². The van der Waals surface area contributed by atoms with Gasteiger partial charge in [0.1, 0.15) is 5.82 Å². The predicted molar refractivity (Wildman–Crippen MR) is 97.4 cm³/mol. The lowest BCUT2D eigenvalue weighted by Crippen LogP contribution is -2.46. The van der Waals surface area contributed by atoms with Gasteiger partial charge in [0.05, 0.1) is 16.7 Å². The zero-order valence-corrected chi connectivity index (χ0v) is 15.1. The molecular weight excluding hydrogens is 372 g/mol. The number of hydrogen-bond acceptors (Lipinski definition) is 2. The first-order chi connectivity index (χ1) is 13.3. The van der Waals surface area contributed by atoms with E-state index in [0.29, 0.717) is 43.5 Å². The number of amides is 1. The third-order valence-electron chi connectivity index (χ3n) is 5.84. The first-order valence-corrected chi connectivity index (χ1v) is 9.31. The Morgan fingerprint density at radius 2 is 1.93 bits per heavy atom. The highest BCUT2D eigenvalue weighted by atomic mass is 19.4. The first-order valence-electron chi connectivity index (χ1n) is 9.31. The quantitative estimate of drug-likeness (QED) is 0.753. The summed E-state index contributed by atoms with van der Waals surface area (Å²) in [7, 11) is 0. The maximum atomic E-state index is 14.9. The average molecular weight is 392 g/mol. The fourth-order valence-corrected chi connectivity index (χ4v) is 4.04. The van der Waals surface area contributed by atoms with Gasteiger partial charge in [-0.25, -0.2) is 4.39 Å². The van der Waals surface area contributed by atoms with Crippen LogP contribution in [0.2, 0.25) is 0 Å².